The van der Waals surface area contributed by atoms with Gasteiger partial charge in [0.2, 0.25) is 0 Å². The molecule has 5 heteroatoms. The highest BCUT2D eigenvalue weighted by Crippen LogP contribution is 2.56. The van der Waals surface area contributed by atoms with Crippen molar-refractivity contribution in [2.24, 2.45) is 17.6 Å². The first kappa shape index (κ1) is 25.0. The zero-order chi connectivity index (χ0) is 25.7. The molecule has 0 bridgehead atoms. The van der Waals surface area contributed by atoms with Crippen LogP contribution in [0.3, 0.4) is 0 Å². The standard InChI is InChI=1S/C32H36IN3Si/c1-37(2)30-13-6-4-10-25(30)26-14-15-29-31(32(26)37)27-11-3-5-12-28(27)36(29)24-9-7-8-21(19-24)22(16-17-33)18-23(35)20-34/h3-4,6-11,13,18-19,22,27-29,31H,5,12,14-17,35H2,1-2H3/b23-18-. The van der Waals surface area contributed by atoms with E-state index in [2.05, 4.69) is 107 Å². The van der Waals surface area contributed by atoms with Gasteiger partial charge < -0.3 is 10.6 Å². The first-order valence-corrected chi connectivity index (χ1v) is 18.3. The van der Waals surface area contributed by atoms with Crippen LogP contribution < -0.4 is 15.8 Å². The van der Waals surface area contributed by atoms with E-state index in [4.69, 9.17) is 5.73 Å². The van der Waals surface area contributed by atoms with Crippen LogP contribution in [0.2, 0.25) is 13.1 Å². The molecular weight excluding hydrogens is 581 g/mol. The van der Waals surface area contributed by atoms with E-state index in [-0.39, 0.29) is 5.92 Å². The summed E-state index contributed by atoms with van der Waals surface area (Å²) in [7, 11) is -1.71. The lowest BCUT2D eigenvalue weighted by atomic mass is 9.76. The fraction of sp³-hybridized carbons (Fsp3) is 0.406. The van der Waals surface area contributed by atoms with Crippen LogP contribution in [0.25, 0.3) is 5.57 Å². The molecule has 2 aromatic carbocycles. The summed E-state index contributed by atoms with van der Waals surface area (Å²) in [5.74, 6) is 1.38. The van der Waals surface area contributed by atoms with Crippen molar-refractivity contribution in [2.45, 2.75) is 63.2 Å². The molecule has 4 aliphatic rings. The van der Waals surface area contributed by atoms with Gasteiger partial charge in [-0.1, -0.05) is 89.4 Å². The molecule has 0 amide bonds. The van der Waals surface area contributed by atoms with Gasteiger partial charge in [-0.2, -0.15) is 5.26 Å². The highest BCUT2D eigenvalue weighted by atomic mass is 127. The van der Waals surface area contributed by atoms with Crippen LogP contribution in [-0.2, 0) is 0 Å². The van der Waals surface area contributed by atoms with Gasteiger partial charge >= 0.3 is 0 Å². The number of benzene rings is 2. The second kappa shape index (κ2) is 9.78. The molecule has 37 heavy (non-hydrogen) atoms. The predicted molar refractivity (Wildman–Crippen MR) is 166 cm³/mol. The molecule has 0 saturated carbocycles. The average Bonchev–Trinajstić information content (AvgIpc) is 3.37. The first-order valence-electron chi connectivity index (χ1n) is 13.8. The molecular formula is C32H36IN3Si. The van der Waals surface area contributed by atoms with Crippen molar-refractivity contribution < 1.29 is 0 Å². The molecule has 2 aromatic rings. The van der Waals surface area contributed by atoms with E-state index in [9.17, 15) is 5.26 Å². The number of fused-ring (bicyclic) bond motifs is 6. The van der Waals surface area contributed by atoms with E-state index in [1.54, 1.807) is 16.3 Å². The average molecular weight is 618 g/mol. The summed E-state index contributed by atoms with van der Waals surface area (Å²) in [4.78, 5) is 2.83. The number of halogens is 1. The molecule has 0 aromatic heterocycles. The lowest BCUT2D eigenvalue weighted by molar-refractivity contribution is 0.429. The van der Waals surface area contributed by atoms with E-state index < -0.39 is 8.07 Å². The van der Waals surface area contributed by atoms with Gasteiger partial charge in [-0.25, -0.2) is 0 Å². The third kappa shape index (κ3) is 4.03. The van der Waals surface area contributed by atoms with Gasteiger partial charge in [-0.05, 0) is 72.2 Å². The molecule has 3 nitrogen and oxygen atoms in total. The molecule has 1 fully saturated rings. The number of anilines is 1. The van der Waals surface area contributed by atoms with Crippen molar-refractivity contribution in [1.29, 1.82) is 5.26 Å². The van der Waals surface area contributed by atoms with Crippen LogP contribution in [0, 0.1) is 23.2 Å². The Morgan fingerprint density at radius 3 is 2.84 bits per heavy atom. The number of hydrogen-bond donors (Lipinski definition) is 1. The van der Waals surface area contributed by atoms with Crippen molar-refractivity contribution in [3.8, 4) is 6.07 Å². The number of alkyl halides is 1. The van der Waals surface area contributed by atoms with Gasteiger partial charge in [0.25, 0.3) is 0 Å². The number of hydrogen-bond acceptors (Lipinski definition) is 3. The smallest absolute Gasteiger partial charge is 0.116 e. The van der Waals surface area contributed by atoms with Crippen molar-refractivity contribution >= 4 is 47.1 Å². The monoisotopic (exact) mass is 617 g/mol. The third-order valence-corrected chi connectivity index (χ3v) is 13.8. The summed E-state index contributed by atoms with van der Waals surface area (Å²) >= 11 is 2.43. The predicted octanol–water partition coefficient (Wildman–Crippen LogP) is 6.82. The Hall–Kier alpha value is -2.30. The molecule has 5 atom stereocenters. The maximum atomic E-state index is 9.31. The molecule has 6 rings (SSSR count). The van der Waals surface area contributed by atoms with Gasteiger partial charge in [0.15, 0.2) is 0 Å². The lowest BCUT2D eigenvalue weighted by Gasteiger charge is -2.39. The quantitative estimate of drug-likeness (QED) is 0.132. The topological polar surface area (TPSA) is 53.0 Å². The zero-order valence-electron chi connectivity index (χ0n) is 21.8. The summed E-state index contributed by atoms with van der Waals surface area (Å²) in [6, 6.07) is 21.7. The minimum Gasteiger partial charge on any atom is -0.390 e. The van der Waals surface area contributed by atoms with Crippen LogP contribution in [0.1, 0.15) is 49.1 Å². The van der Waals surface area contributed by atoms with Gasteiger partial charge in [-0.3, -0.25) is 0 Å². The third-order valence-electron chi connectivity index (χ3n) is 9.45. The lowest BCUT2D eigenvalue weighted by Crippen LogP contribution is -2.47. The van der Waals surface area contributed by atoms with Crippen molar-refractivity contribution in [3.63, 3.8) is 0 Å². The highest BCUT2D eigenvalue weighted by molar-refractivity contribution is 14.1. The minimum atomic E-state index is -1.71. The first-order chi connectivity index (χ1) is 18.0. The number of nitriles is 1. The van der Waals surface area contributed by atoms with Gasteiger partial charge in [-0.15, -0.1) is 0 Å². The van der Waals surface area contributed by atoms with E-state index in [0.29, 0.717) is 29.6 Å². The van der Waals surface area contributed by atoms with Crippen molar-refractivity contribution in [2.75, 3.05) is 9.33 Å². The number of rotatable bonds is 5. The maximum Gasteiger partial charge on any atom is 0.116 e. The van der Waals surface area contributed by atoms with Gasteiger partial charge in [0.1, 0.15) is 19.8 Å². The van der Waals surface area contributed by atoms with Gasteiger partial charge in [0, 0.05) is 40.0 Å². The second-order valence-corrected chi connectivity index (χ2v) is 17.1. The largest absolute Gasteiger partial charge is 0.390 e. The molecule has 0 spiro atoms. The van der Waals surface area contributed by atoms with Crippen LogP contribution in [0.4, 0.5) is 5.69 Å². The SMILES string of the molecule is C[Si]1(C)C2=C(CCC3C2C2C=CCCC2N3c2cccc(C(/C=C(\N)C#N)CCI)c2)c2ccccc21. The fourth-order valence-electron chi connectivity index (χ4n) is 8.06. The Morgan fingerprint density at radius 1 is 1.19 bits per heavy atom. The van der Waals surface area contributed by atoms with Crippen LogP contribution in [0.15, 0.2) is 77.7 Å². The molecule has 190 valence electrons. The van der Waals surface area contributed by atoms with Crippen LogP contribution in [-0.4, -0.2) is 24.6 Å². The molecule has 2 aliphatic heterocycles. The van der Waals surface area contributed by atoms with E-state index in [1.807, 2.05) is 11.3 Å². The summed E-state index contributed by atoms with van der Waals surface area (Å²) in [6.07, 6.45) is 12.8. The van der Waals surface area contributed by atoms with E-state index in [1.165, 1.54) is 36.9 Å². The number of nitrogens with zero attached hydrogens (tertiary/aromatic N) is 2. The Labute approximate surface area is 236 Å². The second-order valence-electron chi connectivity index (χ2n) is 11.7. The van der Waals surface area contributed by atoms with Crippen molar-refractivity contribution in [3.05, 3.63) is 88.8 Å². The number of allylic oxidation sites excluding steroid dienone is 4. The van der Waals surface area contributed by atoms with E-state index >= 15 is 0 Å². The Morgan fingerprint density at radius 2 is 2.03 bits per heavy atom. The zero-order valence-corrected chi connectivity index (χ0v) is 25.0. The van der Waals surface area contributed by atoms with Crippen LogP contribution in [0.5, 0.6) is 0 Å². The summed E-state index contributed by atoms with van der Waals surface area (Å²) in [5, 5.41) is 12.8. The Kier molecular flexibility index (Phi) is 6.61. The molecule has 2 heterocycles. The highest BCUT2D eigenvalue weighted by Gasteiger charge is 2.56. The molecule has 5 unspecified atom stereocenters. The van der Waals surface area contributed by atoms with Crippen LogP contribution >= 0.6 is 22.6 Å². The molecule has 1 saturated heterocycles. The van der Waals surface area contributed by atoms with E-state index in [0.717, 1.165) is 10.8 Å². The summed E-state index contributed by atoms with van der Waals surface area (Å²) in [6.45, 7) is 5.20. The van der Waals surface area contributed by atoms with Gasteiger partial charge in [0.05, 0.1) is 0 Å². The molecule has 2 N–H and O–H groups in total. The van der Waals surface area contributed by atoms with Crippen molar-refractivity contribution in [1.82, 2.24) is 0 Å². The molecule has 2 aliphatic carbocycles. The Bertz CT molecular complexity index is 1350. The summed E-state index contributed by atoms with van der Waals surface area (Å²) < 4.78 is 1.03. The minimum absolute atomic E-state index is 0.174. The number of nitrogens with two attached hydrogens (primary N) is 1. The summed E-state index contributed by atoms with van der Waals surface area (Å²) in [5.41, 5.74) is 12.2. The molecule has 0 radical (unpaired) electrons. The normalized spacial score (nSPS) is 28.3. The fourth-order valence-corrected chi connectivity index (χ4v) is 12.7. The maximum absolute atomic E-state index is 9.31. The Balaban J connectivity index is 1.43.